The molecule has 0 aliphatic heterocycles. The van der Waals surface area contributed by atoms with Crippen molar-refractivity contribution in [3.8, 4) is 0 Å². The van der Waals surface area contributed by atoms with E-state index in [2.05, 4.69) is 5.32 Å². The van der Waals surface area contributed by atoms with E-state index in [1.165, 1.54) is 0 Å². The first-order valence-corrected chi connectivity index (χ1v) is 5.15. The third-order valence-electron chi connectivity index (χ3n) is 2.38. The van der Waals surface area contributed by atoms with E-state index in [-0.39, 0.29) is 17.9 Å². The molecule has 17 heavy (non-hydrogen) atoms. The van der Waals surface area contributed by atoms with Gasteiger partial charge in [0.2, 0.25) is 0 Å². The van der Waals surface area contributed by atoms with E-state index in [4.69, 9.17) is 10.8 Å². The zero-order valence-electron chi connectivity index (χ0n) is 9.34. The van der Waals surface area contributed by atoms with Crippen LogP contribution in [0.5, 0.6) is 0 Å². The zero-order chi connectivity index (χ0) is 13.0. The standard InChI is InChI=1S/C11H14F2N2O2/c1-2-6(5-16)15-11(17)7-3-10(14)9(13)4-8(7)12/h3-4,6,16H,2,5,14H2,1H3,(H,15,17). The van der Waals surface area contributed by atoms with E-state index in [1.54, 1.807) is 6.92 Å². The van der Waals surface area contributed by atoms with Crippen LogP contribution >= 0.6 is 0 Å². The molecule has 0 radical (unpaired) electrons. The lowest BCUT2D eigenvalue weighted by molar-refractivity contribution is 0.0911. The minimum Gasteiger partial charge on any atom is -0.396 e. The molecule has 0 aromatic heterocycles. The summed E-state index contributed by atoms with van der Waals surface area (Å²) in [5.41, 5.74) is 4.62. The lowest BCUT2D eigenvalue weighted by Gasteiger charge is -2.14. The predicted octanol–water partition coefficient (Wildman–Crippen LogP) is 1.05. The Balaban J connectivity index is 2.93. The Bertz CT molecular complexity index is 420. The van der Waals surface area contributed by atoms with Gasteiger partial charge in [0.1, 0.15) is 11.6 Å². The molecule has 1 amide bonds. The second kappa shape index (κ2) is 5.58. The molecule has 0 fully saturated rings. The average molecular weight is 244 g/mol. The van der Waals surface area contributed by atoms with Gasteiger partial charge in [-0.1, -0.05) is 6.92 Å². The largest absolute Gasteiger partial charge is 0.396 e. The van der Waals surface area contributed by atoms with Gasteiger partial charge in [-0.2, -0.15) is 0 Å². The van der Waals surface area contributed by atoms with Crippen LogP contribution in [-0.2, 0) is 0 Å². The summed E-state index contributed by atoms with van der Waals surface area (Å²) in [7, 11) is 0. The summed E-state index contributed by atoms with van der Waals surface area (Å²) in [5, 5.41) is 11.3. The summed E-state index contributed by atoms with van der Waals surface area (Å²) in [6.45, 7) is 1.51. The van der Waals surface area contributed by atoms with E-state index < -0.39 is 23.6 Å². The lowest BCUT2D eigenvalue weighted by atomic mass is 10.1. The summed E-state index contributed by atoms with van der Waals surface area (Å²) in [6, 6.07) is 1.03. The van der Waals surface area contributed by atoms with Crippen molar-refractivity contribution in [2.45, 2.75) is 19.4 Å². The van der Waals surface area contributed by atoms with Crippen LogP contribution in [0.25, 0.3) is 0 Å². The van der Waals surface area contributed by atoms with Gasteiger partial charge >= 0.3 is 0 Å². The van der Waals surface area contributed by atoms with Crippen LogP contribution in [0.1, 0.15) is 23.7 Å². The predicted molar refractivity (Wildman–Crippen MR) is 59.4 cm³/mol. The number of hydrogen-bond acceptors (Lipinski definition) is 3. The Morgan fingerprint density at radius 2 is 2.12 bits per heavy atom. The number of nitrogen functional groups attached to an aromatic ring is 1. The summed E-state index contributed by atoms with van der Waals surface area (Å²) in [4.78, 5) is 11.6. The maximum absolute atomic E-state index is 13.3. The van der Waals surface area contributed by atoms with E-state index in [0.29, 0.717) is 12.5 Å². The van der Waals surface area contributed by atoms with E-state index in [9.17, 15) is 13.6 Å². The molecule has 1 rings (SSSR count). The number of rotatable bonds is 4. The first-order chi connectivity index (χ1) is 7.99. The Hall–Kier alpha value is -1.69. The van der Waals surface area contributed by atoms with Crippen molar-refractivity contribution in [2.75, 3.05) is 12.3 Å². The van der Waals surface area contributed by atoms with Gasteiger partial charge < -0.3 is 16.2 Å². The number of aliphatic hydroxyl groups excluding tert-OH is 1. The van der Waals surface area contributed by atoms with Crippen molar-refractivity contribution in [1.29, 1.82) is 0 Å². The highest BCUT2D eigenvalue weighted by Gasteiger charge is 2.17. The summed E-state index contributed by atoms with van der Waals surface area (Å²) >= 11 is 0. The SMILES string of the molecule is CCC(CO)NC(=O)c1cc(N)c(F)cc1F. The first-order valence-electron chi connectivity index (χ1n) is 5.15. The summed E-state index contributed by atoms with van der Waals surface area (Å²) in [6.07, 6.45) is 0.501. The van der Waals surface area contributed by atoms with Crippen LogP contribution in [0.4, 0.5) is 14.5 Å². The second-order valence-corrected chi connectivity index (χ2v) is 3.61. The molecule has 6 heteroatoms. The first kappa shape index (κ1) is 13.4. The number of aliphatic hydroxyl groups is 1. The van der Waals surface area contributed by atoms with Crippen LogP contribution in [0.2, 0.25) is 0 Å². The summed E-state index contributed by atoms with van der Waals surface area (Å²) < 4.78 is 26.2. The van der Waals surface area contributed by atoms with Gasteiger partial charge in [-0.15, -0.1) is 0 Å². The van der Waals surface area contributed by atoms with Crippen LogP contribution in [-0.4, -0.2) is 23.7 Å². The molecule has 0 aliphatic carbocycles. The fraction of sp³-hybridized carbons (Fsp3) is 0.364. The Morgan fingerprint density at radius 1 is 1.47 bits per heavy atom. The number of benzene rings is 1. The van der Waals surface area contributed by atoms with E-state index in [1.807, 2.05) is 0 Å². The van der Waals surface area contributed by atoms with Crippen molar-refractivity contribution in [3.63, 3.8) is 0 Å². The molecule has 0 saturated heterocycles. The van der Waals surface area contributed by atoms with Crippen LogP contribution in [0.15, 0.2) is 12.1 Å². The van der Waals surface area contributed by atoms with Crippen LogP contribution < -0.4 is 11.1 Å². The van der Waals surface area contributed by atoms with Gasteiger partial charge in [0.25, 0.3) is 5.91 Å². The molecule has 4 N–H and O–H groups in total. The maximum atomic E-state index is 13.3. The van der Waals surface area contributed by atoms with E-state index in [0.717, 1.165) is 6.07 Å². The van der Waals surface area contributed by atoms with Crippen molar-refractivity contribution in [2.24, 2.45) is 0 Å². The molecule has 0 spiro atoms. The topological polar surface area (TPSA) is 75.3 Å². The van der Waals surface area contributed by atoms with Gasteiger partial charge in [-0.25, -0.2) is 8.78 Å². The minimum atomic E-state index is -0.984. The minimum absolute atomic E-state index is 0.249. The molecule has 0 heterocycles. The van der Waals surface area contributed by atoms with Crippen molar-refractivity contribution in [3.05, 3.63) is 29.3 Å². The molecule has 1 atom stereocenters. The second-order valence-electron chi connectivity index (χ2n) is 3.61. The van der Waals surface area contributed by atoms with Gasteiger partial charge in [0.15, 0.2) is 0 Å². The average Bonchev–Trinajstić information content (AvgIpc) is 2.30. The lowest BCUT2D eigenvalue weighted by Crippen LogP contribution is -2.37. The van der Waals surface area contributed by atoms with Crippen LogP contribution in [0, 0.1) is 11.6 Å². The number of halogens is 2. The normalized spacial score (nSPS) is 12.2. The Kier molecular flexibility index (Phi) is 4.39. The maximum Gasteiger partial charge on any atom is 0.254 e. The number of carbonyl (C=O) groups is 1. The van der Waals surface area contributed by atoms with Gasteiger partial charge in [0, 0.05) is 6.07 Å². The highest BCUT2D eigenvalue weighted by molar-refractivity contribution is 5.95. The number of carbonyl (C=O) groups excluding carboxylic acids is 1. The van der Waals surface area contributed by atoms with Gasteiger partial charge in [0.05, 0.1) is 23.9 Å². The molecule has 4 nitrogen and oxygen atoms in total. The molecule has 1 unspecified atom stereocenters. The van der Waals surface area contributed by atoms with Crippen molar-refractivity contribution < 1.29 is 18.7 Å². The highest BCUT2D eigenvalue weighted by Crippen LogP contribution is 2.16. The van der Waals surface area contributed by atoms with Gasteiger partial charge in [-0.05, 0) is 12.5 Å². The van der Waals surface area contributed by atoms with E-state index >= 15 is 0 Å². The molecule has 0 bridgehead atoms. The number of nitrogens with two attached hydrogens (primary N) is 1. The number of amides is 1. The Labute approximate surface area is 97.4 Å². The third-order valence-corrected chi connectivity index (χ3v) is 2.38. The monoisotopic (exact) mass is 244 g/mol. The van der Waals surface area contributed by atoms with Crippen molar-refractivity contribution >= 4 is 11.6 Å². The fourth-order valence-electron chi connectivity index (χ4n) is 1.28. The molecule has 1 aromatic carbocycles. The molecule has 0 saturated carbocycles. The number of anilines is 1. The number of hydrogen-bond donors (Lipinski definition) is 3. The number of nitrogens with one attached hydrogen (secondary N) is 1. The smallest absolute Gasteiger partial charge is 0.254 e. The third kappa shape index (κ3) is 3.13. The quantitative estimate of drug-likeness (QED) is 0.693. The Morgan fingerprint density at radius 3 is 2.65 bits per heavy atom. The highest BCUT2D eigenvalue weighted by atomic mass is 19.1. The molecule has 94 valence electrons. The van der Waals surface area contributed by atoms with Crippen molar-refractivity contribution in [1.82, 2.24) is 5.32 Å². The molecular formula is C11H14F2N2O2. The molecule has 0 aliphatic rings. The molecule has 1 aromatic rings. The van der Waals surface area contributed by atoms with Crippen LogP contribution in [0.3, 0.4) is 0 Å². The fourth-order valence-corrected chi connectivity index (χ4v) is 1.28. The zero-order valence-corrected chi connectivity index (χ0v) is 9.34. The van der Waals surface area contributed by atoms with Gasteiger partial charge in [-0.3, -0.25) is 4.79 Å². The molecular weight excluding hydrogens is 230 g/mol. The summed E-state index contributed by atoms with van der Waals surface area (Å²) in [5.74, 6) is -2.62.